The summed E-state index contributed by atoms with van der Waals surface area (Å²) in [5.41, 5.74) is -1.22. The van der Waals surface area contributed by atoms with E-state index in [1.54, 1.807) is 24.3 Å². The fraction of sp³-hybridized carbons (Fsp3) is 0.154. The van der Waals surface area contributed by atoms with E-state index in [9.17, 15) is 14.8 Å². The van der Waals surface area contributed by atoms with Gasteiger partial charge in [0.05, 0.1) is 17.7 Å². The van der Waals surface area contributed by atoms with Crippen LogP contribution >= 0.6 is 11.6 Å². The van der Waals surface area contributed by atoms with Crippen LogP contribution in [0, 0.1) is 5.21 Å². The van der Waals surface area contributed by atoms with Crippen LogP contribution in [0.5, 0.6) is 0 Å². The molecule has 0 N–H and O–H groups in total. The van der Waals surface area contributed by atoms with Gasteiger partial charge in [0.1, 0.15) is 0 Å². The van der Waals surface area contributed by atoms with E-state index in [1.807, 2.05) is 0 Å². The number of benzene rings is 1. The third kappa shape index (κ3) is 2.04. The summed E-state index contributed by atoms with van der Waals surface area (Å²) in [6, 6.07) is 6.45. The lowest BCUT2D eigenvalue weighted by molar-refractivity contribution is -0.587. The van der Waals surface area contributed by atoms with Crippen LogP contribution in [-0.4, -0.2) is 19.3 Å². The van der Waals surface area contributed by atoms with Crippen LogP contribution in [0.3, 0.4) is 0 Å². The van der Waals surface area contributed by atoms with Crippen molar-refractivity contribution in [3.63, 3.8) is 0 Å². The molecule has 0 amide bonds. The fourth-order valence-electron chi connectivity index (χ4n) is 2.07. The molecule has 0 unspecified atom stereocenters. The molecule has 0 fully saturated rings. The van der Waals surface area contributed by atoms with Crippen LogP contribution < -0.4 is 16.0 Å². The Balaban J connectivity index is 2.42. The first-order valence-electron chi connectivity index (χ1n) is 6.23. The van der Waals surface area contributed by atoms with E-state index in [-0.39, 0.29) is 17.3 Å². The number of fused-ring (bicyclic) bond motifs is 1. The number of hydrogen-bond donors (Lipinski definition) is 0. The van der Waals surface area contributed by atoms with Crippen molar-refractivity contribution < 1.29 is 4.73 Å². The molecule has 22 heavy (non-hydrogen) atoms. The van der Waals surface area contributed by atoms with Crippen LogP contribution in [0.1, 0.15) is 0 Å². The number of aromatic nitrogens is 5. The summed E-state index contributed by atoms with van der Waals surface area (Å²) in [5, 5.41) is 17.1. The predicted molar refractivity (Wildman–Crippen MR) is 78.5 cm³/mol. The SMILES string of the molecule is Cn1nc(-c2ccc(Cl)cc2)[n+]([O-])c2c(=O)n(C)c(=O)nc1-2. The number of hydrogen-bond acceptors (Lipinski definition) is 5. The van der Waals surface area contributed by atoms with E-state index in [0.717, 1.165) is 4.57 Å². The second kappa shape index (κ2) is 4.92. The highest BCUT2D eigenvalue weighted by Crippen LogP contribution is 2.18. The lowest BCUT2D eigenvalue weighted by atomic mass is 10.2. The van der Waals surface area contributed by atoms with E-state index in [1.165, 1.54) is 18.8 Å². The van der Waals surface area contributed by atoms with Gasteiger partial charge in [-0.1, -0.05) is 11.6 Å². The van der Waals surface area contributed by atoms with Crippen molar-refractivity contribution in [3.8, 4) is 22.9 Å². The second-order valence-electron chi connectivity index (χ2n) is 4.68. The van der Waals surface area contributed by atoms with Crippen molar-refractivity contribution in [2.75, 3.05) is 0 Å². The zero-order valence-corrected chi connectivity index (χ0v) is 12.4. The van der Waals surface area contributed by atoms with E-state index < -0.39 is 11.2 Å². The molecule has 0 aliphatic carbocycles. The zero-order chi connectivity index (χ0) is 16.0. The molecule has 2 aliphatic rings. The van der Waals surface area contributed by atoms with Crippen molar-refractivity contribution >= 4 is 11.6 Å². The minimum atomic E-state index is -0.742. The van der Waals surface area contributed by atoms with Gasteiger partial charge < -0.3 is 5.21 Å². The highest BCUT2D eigenvalue weighted by atomic mass is 35.5. The minimum absolute atomic E-state index is 0.0178. The van der Waals surface area contributed by atoms with E-state index >= 15 is 0 Å². The van der Waals surface area contributed by atoms with E-state index in [0.29, 0.717) is 15.3 Å². The molecule has 0 aromatic heterocycles. The molecular formula is C13H10ClN5O3. The number of rotatable bonds is 1. The molecule has 112 valence electrons. The molecule has 8 nitrogen and oxygen atoms in total. The van der Waals surface area contributed by atoms with Gasteiger partial charge in [-0.15, -0.1) is 0 Å². The third-order valence-corrected chi connectivity index (χ3v) is 3.51. The quantitative estimate of drug-likeness (QED) is 0.462. The zero-order valence-electron chi connectivity index (χ0n) is 11.6. The maximum absolute atomic E-state index is 12.5. The molecule has 3 rings (SSSR count). The Bertz CT molecular complexity index is 961. The molecule has 0 saturated heterocycles. The molecule has 0 spiro atoms. The van der Waals surface area contributed by atoms with Gasteiger partial charge in [-0.3, -0.25) is 9.36 Å². The number of halogens is 1. The Kier molecular flexibility index (Phi) is 3.18. The number of nitrogens with zero attached hydrogens (tertiary/aromatic N) is 5. The average Bonchev–Trinajstić information content (AvgIpc) is 2.49. The summed E-state index contributed by atoms with van der Waals surface area (Å²) in [6.07, 6.45) is 0. The van der Waals surface area contributed by atoms with Crippen LogP contribution in [0.2, 0.25) is 5.02 Å². The van der Waals surface area contributed by atoms with Gasteiger partial charge in [-0.05, 0) is 24.3 Å². The van der Waals surface area contributed by atoms with E-state index in [4.69, 9.17) is 11.6 Å². The molecule has 2 heterocycles. The summed E-state index contributed by atoms with van der Waals surface area (Å²) in [5.74, 6) is -0.0509. The van der Waals surface area contributed by atoms with Gasteiger partial charge in [0.25, 0.3) is 0 Å². The van der Waals surface area contributed by atoms with Gasteiger partial charge >= 0.3 is 17.1 Å². The van der Waals surface area contributed by atoms with Crippen LogP contribution in [0.25, 0.3) is 22.9 Å². The lowest BCUT2D eigenvalue weighted by Crippen LogP contribution is -2.47. The third-order valence-electron chi connectivity index (χ3n) is 3.26. The van der Waals surface area contributed by atoms with Crippen molar-refractivity contribution in [2.45, 2.75) is 0 Å². The molecule has 2 aliphatic heterocycles. The highest BCUT2D eigenvalue weighted by molar-refractivity contribution is 6.30. The van der Waals surface area contributed by atoms with Crippen LogP contribution in [-0.2, 0) is 14.1 Å². The summed E-state index contributed by atoms with van der Waals surface area (Å²) >= 11 is 5.82. The Labute approximate surface area is 128 Å². The molecule has 9 heteroatoms. The summed E-state index contributed by atoms with van der Waals surface area (Å²) < 4.78 is 2.40. The Morgan fingerprint density at radius 2 is 1.82 bits per heavy atom. The first kappa shape index (κ1) is 14.2. The van der Waals surface area contributed by atoms with Crippen molar-refractivity contribution in [1.82, 2.24) is 19.3 Å². The second-order valence-corrected chi connectivity index (χ2v) is 5.12. The minimum Gasteiger partial charge on any atom is -0.710 e. The molecule has 0 atom stereocenters. The standard InChI is InChI=1S/C13H10ClN5O3/c1-17-12(20)9-11(15-13(17)21)18(2)16-10(19(9)22)7-3-5-8(14)6-4-7/h3-6H,1-2H3. The smallest absolute Gasteiger partial charge is 0.359 e. The Morgan fingerprint density at radius 1 is 1.18 bits per heavy atom. The van der Waals surface area contributed by atoms with E-state index in [2.05, 4.69) is 10.1 Å². The maximum atomic E-state index is 12.5. The topological polar surface area (TPSA) is 96.7 Å². The van der Waals surface area contributed by atoms with Gasteiger partial charge in [-0.2, -0.15) is 9.67 Å². The molecule has 0 saturated carbocycles. The monoisotopic (exact) mass is 319 g/mol. The molecule has 1 aromatic rings. The largest absolute Gasteiger partial charge is 0.710 e. The van der Waals surface area contributed by atoms with Crippen molar-refractivity contribution in [3.05, 3.63) is 55.3 Å². The van der Waals surface area contributed by atoms with Gasteiger partial charge in [0.2, 0.25) is 11.5 Å². The lowest BCUT2D eigenvalue weighted by Gasteiger charge is -2.14. The highest BCUT2D eigenvalue weighted by Gasteiger charge is 2.27. The number of aryl methyl sites for hydroxylation is 1. The maximum Gasteiger partial charge on any atom is 0.359 e. The van der Waals surface area contributed by atoms with Gasteiger partial charge in [-0.25, -0.2) is 9.52 Å². The van der Waals surface area contributed by atoms with Gasteiger partial charge in [0.15, 0.2) is 0 Å². The van der Waals surface area contributed by atoms with Crippen LogP contribution in [0.4, 0.5) is 0 Å². The molecule has 1 aromatic carbocycles. The molecule has 0 bridgehead atoms. The first-order valence-corrected chi connectivity index (χ1v) is 6.61. The Hall–Kier alpha value is -2.74. The Morgan fingerprint density at radius 3 is 2.45 bits per heavy atom. The summed E-state index contributed by atoms with van der Waals surface area (Å²) in [7, 11) is 2.77. The van der Waals surface area contributed by atoms with Gasteiger partial charge in [0, 0.05) is 12.1 Å². The molecule has 0 radical (unpaired) electrons. The normalized spacial score (nSPS) is 11.0. The first-order chi connectivity index (χ1) is 10.4. The van der Waals surface area contributed by atoms with Crippen LogP contribution in [0.15, 0.2) is 33.9 Å². The summed E-state index contributed by atoms with van der Waals surface area (Å²) in [4.78, 5) is 27.5. The fourth-order valence-corrected chi connectivity index (χ4v) is 2.20. The average molecular weight is 320 g/mol. The summed E-state index contributed by atoms with van der Waals surface area (Å²) in [6.45, 7) is 0. The predicted octanol–water partition coefficient (Wildman–Crippen LogP) is -0.0674. The van der Waals surface area contributed by atoms with Crippen molar-refractivity contribution in [2.24, 2.45) is 14.1 Å². The van der Waals surface area contributed by atoms with Crippen molar-refractivity contribution in [1.29, 1.82) is 0 Å². The molecular weight excluding hydrogens is 310 g/mol.